The van der Waals surface area contributed by atoms with Crippen molar-refractivity contribution < 1.29 is 27.1 Å². The highest BCUT2D eigenvalue weighted by Crippen LogP contribution is 2.30. The Morgan fingerprint density at radius 2 is 2.00 bits per heavy atom. The van der Waals surface area contributed by atoms with E-state index in [1.165, 1.54) is 12.1 Å². The van der Waals surface area contributed by atoms with Gasteiger partial charge in [-0.2, -0.15) is 13.2 Å². The summed E-state index contributed by atoms with van der Waals surface area (Å²) in [5, 5.41) is 2.39. The Morgan fingerprint density at radius 1 is 1.33 bits per heavy atom. The van der Waals surface area contributed by atoms with Crippen LogP contribution in [0.4, 0.5) is 17.6 Å². The lowest BCUT2D eigenvalue weighted by molar-refractivity contribution is -0.143. The van der Waals surface area contributed by atoms with Crippen LogP contribution in [0.1, 0.15) is 24.4 Å². The van der Waals surface area contributed by atoms with Gasteiger partial charge < -0.3 is 10.1 Å². The van der Waals surface area contributed by atoms with E-state index in [2.05, 4.69) is 5.32 Å². The third-order valence-corrected chi connectivity index (χ3v) is 3.32. The van der Waals surface area contributed by atoms with E-state index >= 15 is 0 Å². The maximum absolute atomic E-state index is 12.9. The van der Waals surface area contributed by atoms with Gasteiger partial charge in [-0.25, -0.2) is 4.39 Å². The normalized spacial score (nSPS) is 20.3. The van der Waals surface area contributed by atoms with Crippen molar-refractivity contribution in [1.82, 2.24) is 5.32 Å². The summed E-state index contributed by atoms with van der Waals surface area (Å²) in [6.07, 6.45) is -5.13. The maximum Gasteiger partial charge on any atom is 0.391 e. The van der Waals surface area contributed by atoms with E-state index in [0.717, 1.165) is 12.1 Å². The molecule has 1 N–H and O–H groups in total. The summed E-state index contributed by atoms with van der Waals surface area (Å²) in [7, 11) is 0. The lowest BCUT2D eigenvalue weighted by Crippen LogP contribution is -2.36. The Bertz CT molecular complexity index is 481. The van der Waals surface area contributed by atoms with Crippen LogP contribution in [0.5, 0.6) is 0 Å². The van der Waals surface area contributed by atoms with Crippen LogP contribution in [0, 0.1) is 11.7 Å². The molecule has 3 nitrogen and oxygen atoms in total. The van der Waals surface area contributed by atoms with E-state index in [4.69, 9.17) is 4.74 Å². The zero-order valence-electron chi connectivity index (χ0n) is 11.1. The number of halogens is 4. The summed E-state index contributed by atoms with van der Waals surface area (Å²) in [4.78, 5) is 11.9. The molecule has 0 aliphatic carbocycles. The van der Waals surface area contributed by atoms with E-state index < -0.39 is 36.3 Å². The lowest BCUT2D eigenvalue weighted by atomic mass is 10.0. The summed E-state index contributed by atoms with van der Waals surface area (Å²) in [6, 6.07) is 3.42. The van der Waals surface area contributed by atoms with Crippen LogP contribution >= 0.6 is 0 Å². The molecular weight excluding hydrogens is 290 g/mol. The van der Waals surface area contributed by atoms with Crippen LogP contribution in [0.15, 0.2) is 24.3 Å². The largest absolute Gasteiger partial charge is 0.391 e. The second-order valence-corrected chi connectivity index (χ2v) is 4.99. The van der Waals surface area contributed by atoms with E-state index in [9.17, 15) is 22.4 Å². The minimum Gasteiger partial charge on any atom is -0.381 e. The molecule has 1 aliphatic rings. The molecule has 116 valence electrons. The molecule has 1 heterocycles. The Balaban J connectivity index is 2.11. The number of amides is 1. The van der Waals surface area contributed by atoms with Crippen molar-refractivity contribution >= 4 is 5.91 Å². The van der Waals surface area contributed by atoms with Gasteiger partial charge in [-0.1, -0.05) is 12.1 Å². The number of rotatable bonds is 4. The van der Waals surface area contributed by atoms with E-state index in [0.29, 0.717) is 13.0 Å². The second-order valence-electron chi connectivity index (χ2n) is 4.99. The van der Waals surface area contributed by atoms with Gasteiger partial charge in [-0.05, 0) is 24.1 Å². The topological polar surface area (TPSA) is 38.3 Å². The van der Waals surface area contributed by atoms with Gasteiger partial charge in [-0.15, -0.1) is 0 Å². The molecule has 1 aromatic carbocycles. The fourth-order valence-electron chi connectivity index (χ4n) is 2.21. The molecule has 7 heteroatoms. The maximum atomic E-state index is 12.9. The number of carbonyl (C=O) groups excluding carboxylic acids is 1. The van der Waals surface area contributed by atoms with Crippen molar-refractivity contribution in [3.05, 3.63) is 35.6 Å². The number of nitrogens with one attached hydrogen (secondary N) is 1. The van der Waals surface area contributed by atoms with Crippen molar-refractivity contribution in [3.8, 4) is 0 Å². The molecule has 21 heavy (non-hydrogen) atoms. The quantitative estimate of drug-likeness (QED) is 0.869. The van der Waals surface area contributed by atoms with Crippen molar-refractivity contribution in [2.24, 2.45) is 5.92 Å². The smallest absolute Gasteiger partial charge is 0.381 e. The molecular formula is C14H15F4NO2. The summed E-state index contributed by atoms with van der Waals surface area (Å²) in [5.74, 6) is -1.44. The minimum absolute atomic E-state index is 0.216. The molecule has 0 saturated carbocycles. The first-order valence-corrected chi connectivity index (χ1v) is 6.55. The number of alkyl halides is 3. The van der Waals surface area contributed by atoms with Crippen LogP contribution in [0.25, 0.3) is 0 Å². The molecule has 0 aromatic heterocycles. The van der Waals surface area contributed by atoms with Crippen LogP contribution in [-0.4, -0.2) is 25.3 Å². The van der Waals surface area contributed by atoms with Gasteiger partial charge in [0.25, 0.3) is 0 Å². The molecule has 0 radical (unpaired) electrons. The summed E-state index contributed by atoms with van der Waals surface area (Å²) in [5.41, 5.74) is 0.223. The van der Waals surface area contributed by atoms with Crippen molar-refractivity contribution in [3.63, 3.8) is 0 Å². The summed E-state index contributed by atoms with van der Waals surface area (Å²) in [6.45, 7) is 0.645. The van der Waals surface area contributed by atoms with E-state index in [1.54, 1.807) is 0 Å². The number of hydrogen-bond acceptors (Lipinski definition) is 2. The minimum atomic E-state index is -4.43. The monoisotopic (exact) mass is 305 g/mol. The van der Waals surface area contributed by atoms with Crippen LogP contribution < -0.4 is 5.32 Å². The van der Waals surface area contributed by atoms with Gasteiger partial charge in [-0.3, -0.25) is 4.79 Å². The number of carbonyl (C=O) groups is 1. The first-order chi connectivity index (χ1) is 9.85. The second kappa shape index (κ2) is 6.43. The zero-order valence-corrected chi connectivity index (χ0v) is 11.1. The van der Waals surface area contributed by atoms with E-state index in [1.807, 2.05) is 0 Å². The molecule has 1 saturated heterocycles. The molecule has 0 spiro atoms. The average Bonchev–Trinajstić information content (AvgIpc) is 2.91. The molecule has 1 amide bonds. The highest BCUT2D eigenvalue weighted by molar-refractivity contribution is 5.79. The first kappa shape index (κ1) is 15.8. The van der Waals surface area contributed by atoms with Gasteiger partial charge >= 0.3 is 6.18 Å². The Labute approximate surface area is 119 Å². The van der Waals surface area contributed by atoms with Crippen molar-refractivity contribution in [2.45, 2.75) is 25.1 Å². The van der Waals surface area contributed by atoms with Crippen LogP contribution in [0.3, 0.4) is 0 Å². The van der Waals surface area contributed by atoms with Gasteiger partial charge in [0.2, 0.25) is 5.91 Å². The van der Waals surface area contributed by atoms with Crippen LogP contribution in [-0.2, 0) is 9.53 Å². The highest BCUT2D eigenvalue weighted by atomic mass is 19.4. The molecule has 1 aliphatic heterocycles. The third-order valence-electron chi connectivity index (χ3n) is 3.32. The van der Waals surface area contributed by atoms with Gasteiger partial charge in [0.1, 0.15) is 5.82 Å². The van der Waals surface area contributed by atoms with Crippen LogP contribution in [0.2, 0.25) is 0 Å². The highest BCUT2D eigenvalue weighted by Gasteiger charge is 2.35. The first-order valence-electron chi connectivity index (χ1n) is 6.55. The molecule has 1 aromatic rings. The average molecular weight is 305 g/mol. The fraction of sp³-hybridized carbons (Fsp3) is 0.500. The Kier molecular flexibility index (Phi) is 4.82. The molecule has 0 bridgehead atoms. The molecule has 2 rings (SSSR count). The van der Waals surface area contributed by atoms with Gasteiger partial charge in [0.05, 0.1) is 25.0 Å². The van der Waals surface area contributed by atoms with Crippen molar-refractivity contribution in [2.75, 3.05) is 13.2 Å². The van der Waals surface area contributed by atoms with Gasteiger partial charge in [0.15, 0.2) is 0 Å². The van der Waals surface area contributed by atoms with Crippen molar-refractivity contribution in [1.29, 1.82) is 0 Å². The summed E-state index contributed by atoms with van der Waals surface area (Å²) < 4.78 is 55.9. The Morgan fingerprint density at radius 3 is 2.52 bits per heavy atom. The third kappa shape index (κ3) is 4.70. The lowest BCUT2D eigenvalue weighted by Gasteiger charge is -2.22. The molecule has 2 unspecified atom stereocenters. The molecule has 1 fully saturated rings. The predicted octanol–water partition coefficient (Wildman–Crippen LogP) is 2.97. The SMILES string of the molecule is O=C(NC(CC(F)(F)F)c1ccc(F)cc1)C1CCOC1. The standard InChI is InChI=1S/C14H15F4NO2/c15-11-3-1-9(2-4-11)12(7-14(16,17)18)19-13(20)10-5-6-21-8-10/h1-4,10,12H,5-8H2,(H,19,20). The number of benzene rings is 1. The predicted molar refractivity (Wildman–Crippen MR) is 66.9 cm³/mol. The zero-order chi connectivity index (χ0) is 15.5. The summed E-state index contributed by atoms with van der Waals surface area (Å²) >= 11 is 0. The Hall–Kier alpha value is -1.63. The molecule has 2 atom stereocenters. The van der Waals surface area contributed by atoms with E-state index in [-0.39, 0.29) is 12.2 Å². The fourth-order valence-corrected chi connectivity index (χ4v) is 2.21. The number of ether oxygens (including phenoxy) is 1. The number of hydrogen-bond donors (Lipinski definition) is 1. The van der Waals surface area contributed by atoms with Gasteiger partial charge in [0, 0.05) is 6.61 Å².